The minimum atomic E-state index is 0.0204. The van der Waals surface area contributed by atoms with Crippen molar-refractivity contribution in [3.05, 3.63) is 34.9 Å². The fourth-order valence-electron chi connectivity index (χ4n) is 2.64. The summed E-state index contributed by atoms with van der Waals surface area (Å²) < 4.78 is 6.26. The predicted octanol–water partition coefficient (Wildman–Crippen LogP) is 4.17. The standard InChI is InChI=1S/C16H24ClNO/c1-13(2)18-12-16(8-3-4-9-16)19-11-14-6-5-7-15(17)10-14/h5-7,10,13,18H,3-4,8-9,11-12H2,1-2H3. The normalized spacial score (nSPS) is 18.1. The third-order valence-electron chi connectivity index (χ3n) is 3.78. The van der Waals surface area contributed by atoms with Gasteiger partial charge in [-0.25, -0.2) is 0 Å². The van der Waals surface area contributed by atoms with E-state index in [4.69, 9.17) is 16.3 Å². The van der Waals surface area contributed by atoms with E-state index in [1.807, 2.05) is 18.2 Å². The van der Waals surface area contributed by atoms with Crippen LogP contribution in [-0.4, -0.2) is 18.2 Å². The lowest BCUT2D eigenvalue weighted by Gasteiger charge is -2.31. The van der Waals surface area contributed by atoms with E-state index >= 15 is 0 Å². The van der Waals surface area contributed by atoms with Gasteiger partial charge in [-0.1, -0.05) is 50.4 Å². The highest BCUT2D eigenvalue weighted by molar-refractivity contribution is 6.30. The minimum Gasteiger partial charge on any atom is -0.369 e. The van der Waals surface area contributed by atoms with Gasteiger partial charge >= 0.3 is 0 Å². The lowest BCUT2D eigenvalue weighted by atomic mass is 10.0. The molecule has 2 nitrogen and oxygen atoms in total. The van der Waals surface area contributed by atoms with E-state index in [9.17, 15) is 0 Å². The van der Waals surface area contributed by atoms with Gasteiger partial charge in [-0.05, 0) is 30.5 Å². The molecule has 0 saturated heterocycles. The van der Waals surface area contributed by atoms with Gasteiger partial charge in [-0.2, -0.15) is 0 Å². The molecule has 0 bridgehead atoms. The van der Waals surface area contributed by atoms with Crippen molar-refractivity contribution >= 4 is 11.6 Å². The third kappa shape index (κ3) is 4.48. The zero-order valence-corrected chi connectivity index (χ0v) is 12.7. The molecule has 0 aliphatic heterocycles. The summed E-state index contributed by atoms with van der Waals surface area (Å²) in [7, 11) is 0. The highest BCUT2D eigenvalue weighted by Gasteiger charge is 2.34. The molecule has 2 rings (SSSR count). The van der Waals surface area contributed by atoms with Crippen LogP contribution in [0.5, 0.6) is 0 Å². The van der Waals surface area contributed by atoms with E-state index in [-0.39, 0.29) is 5.60 Å². The molecule has 1 aliphatic carbocycles. The summed E-state index contributed by atoms with van der Waals surface area (Å²) in [4.78, 5) is 0. The van der Waals surface area contributed by atoms with Gasteiger partial charge in [0.1, 0.15) is 0 Å². The van der Waals surface area contributed by atoms with Gasteiger partial charge in [0.15, 0.2) is 0 Å². The molecule has 3 heteroatoms. The van der Waals surface area contributed by atoms with Crippen LogP contribution in [0.15, 0.2) is 24.3 Å². The highest BCUT2D eigenvalue weighted by Crippen LogP contribution is 2.33. The number of nitrogens with one attached hydrogen (secondary N) is 1. The first kappa shape index (κ1) is 14.8. The fraction of sp³-hybridized carbons (Fsp3) is 0.625. The van der Waals surface area contributed by atoms with Crippen LogP contribution in [0.2, 0.25) is 5.02 Å². The van der Waals surface area contributed by atoms with Crippen molar-refractivity contribution < 1.29 is 4.74 Å². The SMILES string of the molecule is CC(C)NCC1(OCc2cccc(Cl)c2)CCCC1. The Morgan fingerprint density at radius 1 is 1.32 bits per heavy atom. The Balaban J connectivity index is 1.93. The maximum absolute atomic E-state index is 6.26. The summed E-state index contributed by atoms with van der Waals surface area (Å²) >= 11 is 6.01. The van der Waals surface area contributed by atoms with Crippen molar-refractivity contribution in [2.24, 2.45) is 0 Å². The molecule has 0 spiro atoms. The van der Waals surface area contributed by atoms with Crippen LogP contribution < -0.4 is 5.32 Å². The molecule has 0 unspecified atom stereocenters. The highest BCUT2D eigenvalue weighted by atomic mass is 35.5. The molecular formula is C16H24ClNO. The van der Waals surface area contributed by atoms with Crippen LogP contribution in [0.3, 0.4) is 0 Å². The molecule has 0 atom stereocenters. The first-order valence-corrected chi connectivity index (χ1v) is 7.59. The quantitative estimate of drug-likeness (QED) is 0.845. The Morgan fingerprint density at radius 3 is 2.68 bits per heavy atom. The van der Waals surface area contributed by atoms with E-state index < -0.39 is 0 Å². The molecule has 0 radical (unpaired) electrons. The predicted molar refractivity (Wildman–Crippen MR) is 80.6 cm³/mol. The Morgan fingerprint density at radius 2 is 2.05 bits per heavy atom. The number of benzene rings is 1. The van der Waals surface area contributed by atoms with Gasteiger partial charge in [-0.15, -0.1) is 0 Å². The van der Waals surface area contributed by atoms with E-state index in [0.29, 0.717) is 12.6 Å². The van der Waals surface area contributed by atoms with Gasteiger partial charge in [0, 0.05) is 17.6 Å². The summed E-state index contributed by atoms with van der Waals surface area (Å²) in [5.74, 6) is 0. The third-order valence-corrected chi connectivity index (χ3v) is 4.02. The largest absolute Gasteiger partial charge is 0.369 e. The van der Waals surface area contributed by atoms with Crippen molar-refractivity contribution in [1.29, 1.82) is 0 Å². The Kier molecular flexibility index (Phi) is 5.26. The Bertz CT molecular complexity index is 399. The number of rotatable bonds is 6. The minimum absolute atomic E-state index is 0.0204. The molecule has 0 amide bonds. The summed E-state index contributed by atoms with van der Waals surface area (Å²) in [5, 5.41) is 4.30. The number of hydrogen-bond donors (Lipinski definition) is 1. The first-order valence-electron chi connectivity index (χ1n) is 7.21. The topological polar surface area (TPSA) is 21.3 Å². The van der Waals surface area contributed by atoms with Crippen LogP contribution in [0.1, 0.15) is 45.1 Å². The molecule has 0 aromatic heterocycles. The second-order valence-electron chi connectivity index (χ2n) is 5.84. The summed E-state index contributed by atoms with van der Waals surface area (Å²) in [5.41, 5.74) is 1.18. The zero-order valence-electron chi connectivity index (χ0n) is 11.9. The average Bonchev–Trinajstić information content (AvgIpc) is 2.84. The first-order chi connectivity index (χ1) is 9.10. The fourth-order valence-corrected chi connectivity index (χ4v) is 2.86. The van der Waals surface area contributed by atoms with Crippen LogP contribution >= 0.6 is 11.6 Å². The molecule has 1 saturated carbocycles. The Hall–Kier alpha value is -0.570. The van der Waals surface area contributed by atoms with Gasteiger partial charge in [0.2, 0.25) is 0 Å². The molecule has 1 N–H and O–H groups in total. The Labute approximate surface area is 121 Å². The molecule has 1 aromatic rings. The van der Waals surface area contributed by atoms with Crippen molar-refractivity contribution in [2.75, 3.05) is 6.54 Å². The van der Waals surface area contributed by atoms with E-state index in [1.165, 1.54) is 12.8 Å². The van der Waals surface area contributed by atoms with E-state index in [1.54, 1.807) is 0 Å². The average molecular weight is 282 g/mol. The summed E-state index contributed by atoms with van der Waals surface area (Å²) in [6.07, 6.45) is 4.87. The molecule has 1 fully saturated rings. The van der Waals surface area contributed by atoms with Crippen LogP contribution in [0, 0.1) is 0 Å². The molecule has 106 valence electrons. The summed E-state index contributed by atoms with van der Waals surface area (Å²) in [6, 6.07) is 8.45. The van der Waals surface area contributed by atoms with Gasteiger partial charge in [0.25, 0.3) is 0 Å². The van der Waals surface area contributed by atoms with Crippen molar-refractivity contribution in [2.45, 2.75) is 57.8 Å². The van der Waals surface area contributed by atoms with Gasteiger partial charge in [-0.3, -0.25) is 0 Å². The molecule has 1 aromatic carbocycles. The van der Waals surface area contributed by atoms with Crippen LogP contribution in [0.25, 0.3) is 0 Å². The molecule has 0 heterocycles. The molecule has 19 heavy (non-hydrogen) atoms. The summed E-state index contributed by atoms with van der Waals surface area (Å²) in [6.45, 7) is 5.96. The van der Waals surface area contributed by atoms with E-state index in [0.717, 1.165) is 30.0 Å². The molecular weight excluding hydrogens is 258 g/mol. The second kappa shape index (κ2) is 6.74. The maximum Gasteiger partial charge on any atom is 0.0810 e. The lowest BCUT2D eigenvalue weighted by Crippen LogP contribution is -2.43. The second-order valence-corrected chi connectivity index (χ2v) is 6.28. The monoisotopic (exact) mass is 281 g/mol. The zero-order chi connectivity index (χ0) is 13.7. The van der Waals surface area contributed by atoms with Crippen molar-refractivity contribution in [3.63, 3.8) is 0 Å². The van der Waals surface area contributed by atoms with Crippen molar-refractivity contribution in [1.82, 2.24) is 5.32 Å². The maximum atomic E-state index is 6.26. The number of hydrogen-bond acceptors (Lipinski definition) is 2. The lowest BCUT2D eigenvalue weighted by molar-refractivity contribution is -0.0514. The number of ether oxygens (including phenoxy) is 1. The smallest absolute Gasteiger partial charge is 0.0810 e. The van der Waals surface area contributed by atoms with Crippen LogP contribution in [-0.2, 0) is 11.3 Å². The van der Waals surface area contributed by atoms with E-state index in [2.05, 4.69) is 25.2 Å². The van der Waals surface area contributed by atoms with Gasteiger partial charge < -0.3 is 10.1 Å². The van der Waals surface area contributed by atoms with Crippen molar-refractivity contribution in [3.8, 4) is 0 Å². The molecule has 1 aliphatic rings. The van der Waals surface area contributed by atoms with Gasteiger partial charge in [0.05, 0.1) is 12.2 Å². The number of halogens is 1. The van der Waals surface area contributed by atoms with Crippen LogP contribution in [0.4, 0.5) is 0 Å².